The Balaban J connectivity index is 2.28. The van der Waals surface area contributed by atoms with Gasteiger partial charge in [-0.1, -0.05) is 11.8 Å². The summed E-state index contributed by atoms with van der Waals surface area (Å²) in [7, 11) is 0. The zero-order valence-electron chi connectivity index (χ0n) is 10.9. The molecule has 1 heterocycles. The number of carbonyl (C=O) groups is 2. The van der Waals surface area contributed by atoms with E-state index in [1.165, 1.54) is 12.1 Å². The van der Waals surface area contributed by atoms with Crippen LogP contribution >= 0.6 is 0 Å². The molecule has 1 aromatic rings. The molecule has 2 amide bonds. The van der Waals surface area contributed by atoms with E-state index in [0.29, 0.717) is 18.4 Å². The Morgan fingerprint density at radius 2 is 1.95 bits per heavy atom. The molecule has 1 aliphatic rings. The van der Waals surface area contributed by atoms with Crippen molar-refractivity contribution in [2.75, 3.05) is 11.5 Å². The second kappa shape index (κ2) is 6.31. The molecule has 1 fully saturated rings. The SMILES string of the molecule is O=C1CCCC(=O)N1c1ccc(C#CCCO)cc1F. The van der Waals surface area contributed by atoms with Crippen molar-refractivity contribution in [1.82, 2.24) is 0 Å². The second-order valence-electron chi connectivity index (χ2n) is 4.42. The predicted molar refractivity (Wildman–Crippen MR) is 71.3 cm³/mol. The summed E-state index contributed by atoms with van der Waals surface area (Å²) in [6.45, 7) is -0.0512. The molecular formula is C15H14FNO3. The van der Waals surface area contributed by atoms with Crippen LogP contribution in [0, 0.1) is 17.7 Å². The van der Waals surface area contributed by atoms with Crippen LogP contribution in [-0.4, -0.2) is 23.5 Å². The highest BCUT2D eigenvalue weighted by molar-refractivity contribution is 6.16. The first-order valence-corrected chi connectivity index (χ1v) is 6.38. The molecule has 0 unspecified atom stereocenters. The van der Waals surface area contributed by atoms with Crippen molar-refractivity contribution in [2.24, 2.45) is 0 Å². The Bertz CT molecular complexity index is 585. The molecule has 0 spiro atoms. The molecule has 0 bridgehead atoms. The van der Waals surface area contributed by atoms with Gasteiger partial charge in [0.2, 0.25) is 11.8 Å². The number of halogens is 1. The molecule has 20 heavy (non-hydrogen) atoms. The van der Waals surface area contributed by atoms with Crippen molar-refractivity contribution in [1.29, 1.82) is 0 Å². The number of aliphatic hydroxyl groups excluding tert-OH is 1. The van der Waals surface area contributed by atoms with Crippen LogP contribution in [0.15, 0.2) is 18.2 Å². The molecule has 0 atom stereocenters. The van der Waals surface area contributed by atoms with Crippen LogP contribution in [0.4, 0.5) is 10.1 Å². The van der Waals surface area contributed by atoms with E-state index >= 15 is 0 Å². The van der Waals surface area contributed by atoms with Crippen molar-refractivity contribution in [3.05, 3.63) is 29.6 Å². The zero-order valence-corrected chi connectivity index (χ0v) is 10.9. The maximum atomic E-state index is 14.0. The summed E-state index contributed by atoms with van der Waals surface area (Å²) in [6, 6.07) is 4.13. The Hall–Kier alpha value is -2.19. The first kappa shape index (κ1) is 14.2. The van der Waals surface area contributed by atoms with Gasteiger partial charge < -0.3 is 5.11 Å². The summed E-state index contributed by atoms with van der Waals surface area (Å²) in [5, 5.41) is 8.61. The van der Waals surface area contributed by atoms with Gasteiger partial charge in [-0.3, -0.25) is 9.59 Å². The number of hydrogen-bond donors (Lipinski definition) is 1. The van der Waals surface area contributed by atoms with Crippen LogP contribution in [-0.2, 0) is 9.59 Å². The number of amides is 2. The van der Waals surface area contributed by atoms with E-state index in [1.54, 1.807) is 6.07 Å². The minimum atomic E-state index is -0.649. The number of rotatable bonds is 2. The number of aliphatic hydroxyl groups is 1. The average molecular weight is 275 g/mol. The third-order valence-corrected chi connectivity index (χ3v) is 2.94. The van der Waals surface area contributed by atoms with Crippen LogP contribution in [0.2, 0.25) is 0 Å². The molecule has 1 N–H and O–H groups in total. The van der Waals surface area contributed by atoms with E-state index in [1.807, 2.05) is 0 Å². The molecule has 0 aromatic heterocycles. The second-order valence-corrected chi connectivity index (χ2v) is 4.42. The lowest BCUT2D eigenvalue weighted by atomic mass is 10.1. The average Bonchev–Trinajstić information content (AvgIpc) is 2.41. The fraction of sp³-hybridized carbons (Fsp3) is 0.333. The lowest BCUT2D eigenvalue weighted by molar-refractivity contribution is -0.129. The molecule has 0 radical (unpaired) electrons. The minimum absolute atomic E-state index is 0.0209. The lowest BCUT2D eigenvalue weighted by Gasteiger charge is -2.25. The summed E-state index contributed by atoms with van der Waals surface area (Å²) in [5.74, 6) is 3.98. The molecule has 104 valence electrons. The third-order valence-electron chi connectivity index (χ3n) is 2.94. The Morgan fingerprint density at radius 1 is 1.25 bits per heavy atom. The van der Waals surface area contributed by atoms with Gasteiger partial charge in [0.05, 0.1) is 12.3 Å². The number of benzene rings is 1. The van der Waals surface area contributed by atoms with E-state index in [0.717, 1.165) is 4.90 Å². The molecule has 2 rings (SSSR count). The van der Waals surface area contributed by atoms with Gasteiger partial charge in [0.15, 0.2) is 0 Å². The topological polar surface area (TPSA) is 57.6 Å². The maximum Gasteiger partial charge on any atom is 0.233 e. The summed E-state index contributed by atoms with van der Waals surface area (Å²) in [4.78, 5) is 24.4. The minimum Gasteiger partial charge on any atom is -0.395 e. The van der Waals surface area contributed by atoms with Gasteiger partial charge in [-0.05, 0) is 24.6 Å². The van der Waals surface area contributed by atoms with Crippen molar-refractivity contribution >= 4 is 17.5 Å². The van der Waals surface area contributed by atoms with Crippen molar-refractivity contribution < 1.29 is 19.1 Å². The highest BCUT2D eigenvalue weighted by atomic mass is 19.1. The van der Waals surface area contributed by atoms with Gasteiger partial charge in [-0.2, -0.15) is 0 Å². The third kappa shape index (κ3) is 3.03. The molecule has 1 aromatic carbocycles. The Kier molecular flexibility index (Phi) is 4.49. The smallest absolute Gasteiger partial charge is 0.233 e. The summed E-state index contributed by atoms with van der Waals surface area (Å²) in [5.41, 5.74) is 0.420. The fourth-order valence-electron chi connectivity index (χ4n) is 2.01. The van der Waals surface area contributed by atoms with Crippen LogP contribution in [0.25, 0.3) is 0 Å². The van der Waals surface area contributed by atoms with Crippen LogP contribution < -0.4 is 4.90 Å². The number of hydrogen-bond acceptors (Lipinski definition) is 3. The van der Waals surface area contributed by atoms with Gasteiger partial charge in [0.1, 0.15) is 5.82 Å². The molecule has 0 saturated carbocycles. The number of imide groups is 1. The van der Waals surface area contributed by atoms with E-state index in [2.05, 4.69) is 11.8 Å². The zero-order chi connectivity index (χ0) is 14.5. The standard InChI is InChI=1S/C15H14FNO3/c16-12-10-11(4-1-2-9-18)7-8-13(12)17-14(19)5-3-6-15(17)20/h7-8,10,18H,2-3,5-6,9H2. The van der Waals surface area contributed by atoms with E-state index in [-0.39, 0.29) is 37.0 Å². The predicted octanol–water partition coefficient (Wildman–Crippen LogP) is 1.60. The molecule has 5 heteroatoms. The molecule has 1 aliphatic heterocycles. The van der Waals surface area contributed by atoms with Gasteiger partial charge in [0.25, 0.3) is 0 Å². The number of anilines is 1. The van der Waals surface area contributed by atoms with E-state index in [4.69, 9.17) is 5.11 Å². The van der Waals surface area contributed by atoms with Crippen LogP contribution in [0.1, 0.15) is 31.2 Å². The normalized spacial score (nSPS) is 15.0. The quantitative estimate of drug-likeness (QED) is 0.659. The summed E-state index contributed by atoms with van der Waals surface area (Å²) >= 11 is 0. The largest absolute Gasteiger partial charge is 0.395 e. The van der Waals surface area contributed by atoms with Crippen molar-refractivity contribution in [3.8, 4) is 11.8 Å². The van der Waals surface area contributed by atoms with Crippen LogP contribution in [0.3, 0.4) is 0 Å². The van der Waals surface area contributed by atoms with Crippen molar-refractivity contribution in [3.63, 3.8) is 0 Å². The maximum absolute atomic E-state index is 14.0. The summed E-state index contributed by atoms with van der Waals surface area (Å²) in [6.07, 6.45) is 1.33. The Morgan fingerprint density at radius 3 is 2.55 bits per heavy atom. The number of carbonyl (C=O) groups excluding carboxylic acids is 2. The number of nitrogens with zero attached hydrogens (tertiary/aromatic N) is 1. The highest BCUT2D eigenvalue weighted by Crippen LogP contribution is 2.25. The highest BCUT2D eigenvalue weighted by Gasteiger charge is 2.29. The van der Waals surface area contributed by atoms with E-state index < -0.39 is 5.82 Å². The van der Waals surface area contributed by atoms with Gasteiger partial charge >= 0.3 is 0 Å². The van der Waals surface area contributed by atoms with Crippen LogP contribution in [0.5, 0.6) is 0 Å². The first-order valence-electron chi connectivity index (χ1n) is 6.38. The van der Waals surface area contributed by atoms with Gasteiger partial charge in [-0.15, -0.1) is 0 Å². The monoisotopic (exact) mass is 275 g/mol. The van der Waals surface area contributed by atoms with Crippen molar-refractivity contribution in [2.45, 2.75) is 25.7 Å². The molecular weight excluding hydrogens is 261 g/mol. The number of piperidine rings is 1. The van der Waals surface area contributed by atoms with E-state index in [9.17, 15) is 14.0 Å². The first-order chi connectivity index (χ1) is 9.63. The molecule has 0 aliphatic carbocycles. The summed E-state index contributed by atoms with van der Waals surface area (Å²) < 4.78 is 14.0. The molecule has 4 nitrogen and oxygen atoms in total. The van der Waals surface area contributed by atoms with Gasteiger partial charge in [-0.25, -0.2) is 9.29 Å². The lowest BCUT2D eigenvalue weighted by Crippen LogP contribution is -2.40. The fourth-order valence-corrected chi connectivity index (χ4v) is 2.01. The Labute approximate surface area is 116 Å². The molecule has 1 saturated heterocycles. The van der Waals surface area contributed by atoms with Gasteiger partial charge in [0, 0.05) is 24.8 Å².